The third-order valence-electron chi connectivity index (χ3n) is 6.00. The molecule has 0 amide bonds. The van der Waals surface area contributed by atoms with E-state index in [0.717, 1.165) is 56.1 Å². The molecule has 0 aliphatic heterocycles. The third-order valence-corrected chi connectivity index (χ3v) is 6.00. The van der Waals surface area contributed by atoms with Crippen LogP contribution >= 0.6 is 0 Å². The van der Waals surface area contributed by atoms with Crippen molar-refractivity contribution in [1.82, 2.24) is 0 Å². The fourth-order valence-electron chi connectivity index (χ4n) is 3.86. The van der Waals surface area contributed by atoms with Gasteiger partial charge in [0.2, 0.25) is 0 Å². The predicted molar refractivity (Wildman–Crippen MR) is 145 cm³/mol. The first-order valence-corrected chi connectivity index (χ1v) is 12.5. The molecule has 2 aromatic rings. The summed E-state index contributed by atoms with van der Waals surface area (Å²) in [5.41, 5.74) is 2.33. The molecule has 0 bridgehead atoms. The molecule has 2 rings (SSSR count). The maximum Gasteiger partial charge on any atom is 0.330 e. The average Bonchev–Trinajstić information content (AvgIpc) is 2.92. The highest BCUT2D eigenvalue weighted by Gasteiger charge is 2.10. The van der Waals surface area contributed by atoms with Gasteiger partial charge in [0.05, 0.1) is 39.6 Å². The van der Waals surface area contributed by atoms with Crippen molar-refractivity contribution in [3.8, 4) is 29.1 Å². The predicted octanol–water partition coefficient (Wildman–Crippen LogP) is 6.92. The maximum absolute atomic E-state index is 10.7. The van der Waals surface area contributed by atoms with Crippen molar-refractivity contribution < 1.29 is 28.8 Å². The number of rotatable bonds is 17. The van der Waals surface area contributed by atoms with Crippen molar-refractivity contribution >= 4 is 17.6 Å². The summed E-state index contributed by atoms with van der Waals surface area (Å²) in [6, 6.07) is 13.2. The molecule has 0 saturated heterocycles. The van der Waals surface area contributed by atoms with E-state index >= 15 is 0 Å². The summed E-state index contributed by atoms with van der Waals surface area (Å²) in [5.74, 6) is 1.55. The van der Waals surface area contributed by atoms with E-state index in [-0.39, 0.29) is 0 Å². The number of allylic oxidation sites excluding steroid dienone is 1. The second-order valence-corrected chi connectivity index (χ2v) is 8.63. The van der Waals surface area contributed by atoms with Crippen molar-refractivity contribution in [3.63, 3.8) is 0 Å². The molecule has 0 heterocycles. The van der Waals surface area contributed by atoms with Crippen LogP contribution in [0.4, 0.5) is 0 Å². The van der Waals surface area contributed by atoms with Gasteiger partial charge in [0.1, 0.15) is 0 Å². The number of carbonyl (C=O) groups is 1. The largest absolute Gasteiger partial charge is 0.493 e. The normalized spacial score (nSPS) is 10.9. The van der Waals surface area contributed by atoms with E-state index in [4.69, 9.17) is 24.1 Å². The number of carboxylic acid groups (broad SMARTS) is 1. The van der Waals surface area contributed by atoms with E-state index in [1.54, 1.807) is 39.5 Å². The van der Waals surface area contributed by atoms with Crippen LogP contribution in [0, 0.1) is 11.3 Å². The van der Waals surface area contributed by atoms with Crippen molar-refractivity contribution in [3.05, 3.63) is 59.7 Å². The second kappa shape index (κ2) is 15.9. The number of hydrogen-bond acceptors (Lipinski definition) is 6. The number of hydrogen-bond donors (Lipinski definition) is 1. The summed E-state index contributed by atoms with van der Waals surface area (Å²) in [6.07, 6.45) is 9.63. The van der Waals surface area contributed by atoms with Gasteiger partial charge in [0, 0.05) is 5.57 Å². The number of unbranched alkanes of at least 4 members (excludes halogenated alkanes) is 6. The Morgan fingerprint density at radius 2 is 1.46 bits per heavy atom. The Morgan fingerprint density at radius 3 is 2.08 bits per heavy atom. The first kappa shape index (κ1) is 29.3. The molecule has 0 saturated carbocycles. The third kappa shape index (κ3) is 9.57. The van der Waals surface area contributed by atoms with Crippen LogP contribution in [0.1, 0.15) is 62.5 Å². The van der Waals surface area contributed by atoms with E-state index in [1.165, 1.54) is 0 Å². The van der Waals surface area contributed by atoms with Crippen molar-refractivity contribution in [2.24, 2.45) is 0 Å². The highest BCUT2D eigenvalue weighted by molar-refractivity contribution is 5.90. The number of nitriles is 1. The van der Waals surface area contributed by atoms with Crippen molar-refractivity contribution in [2.75, 3.05) is 27.9 Å². The first-order valence-electron chi connectivity index (χ1n) is 12.5. The fraction of sp³-hybridized carbons (Fsp3) is 0.400. The molecule has 0 aliphatic rings. The zero-order valence-electron chi connectivity index (χ0n) is 22.0. The summed E-state index contributed by atoms with van der Waals surface area (Å²) in [7, 11) is 4.73. The van der Waals surface area contributed by atoms with Gasteiger partial charge in [0.25, 0.3) is 0 Å². The van der Waals surface area contributed by atoms with Crippen LogP contribution in [-0.2, 0) is 4.79 Å². The minimum absolute atomic E-state index is 0.292. The Bertz CT molecular complexity index is 1120. The number of carboxylic acids is 1. The molecule has 0 atom stereocenters. The van der Waals surface area contributed by atoms with Gasteiger partial charge in [-0.3, -0.25) is 0 Å². The second-order valence-electron chi connectivity index (χ2n) is 8.63. The molecule has 37 heavy (non-hydrogen) atoms. The number of nitrogens with zero attached hydrogens (tertiary/aromatic N) is 1. The summed E-state index contributed by atoms with van der Waals surface area (Å²) < 4.78 is 22.1. The van der Waals surface area contributed by atoms with Gasteiger partial charge in [0.15, 0.2) is 23.0 Å². The lowest BCUT2D eigenvalue weighted by Crippen LogP contribution is -2.00. The average molecular weight is 508 g/mol. The van der Waals surface area contributed by atoms with Gasteiger partial charge in [-0.25, -0.2) is 4.79 Å². The fourth-order valence-corrected chi connectivity index (χ4v) is 3.86. The first-order chi connectivity index (χ1) is 17.9. The van der Waals surface area contributed by atoms with Crippen LogP contribution in [0.3, 0.4) is 0 Å². The van der Waals surface area contributed by atoms with Crippen LogP contribution in [-0.4, -0.2) is 39.0 Å². The van der Waals surface area contributed by atoms with Gasteiger partial charge in [-0.15, -0.1) is 0 Å². The van der Waals surface area contributed by atoms with Crippen LogP contribution in [0.5, 0.6) is 23.0 Å². The van der Waals surface area contributed by atoms with Gasteiger partial charge < -0.3 is 24.1 Å². The van der Waals surface area contributed by atoms with E-state index in [0.29, 0.717) is 47.2 Å². The van der Waals surface area contributed by atoms with Gasteiger partial charge in [-0.2, -0.15) is 5.26 Å². The lowest BCUT2D eigenvalue weighted by Gasteiger charge is -2.12. The van der Waals surface area contributed by atoms with E-state index in [9.17, 15) is 10.1 Å². The molecule has 0 aromatic heterocycles. The quantitative estimate of drug-likeness (QED) is 0.107. The Labute approximate surface area is 219 Å². The van der Waals surface area contributed by atoms with Gasteiger partial charge >= 0.3 is 5.97 Å². The summed E-state index contributed by atoms with van der Waals surface area (Å²) >= 11 is 0. The minimum Gasteiger partial charge on any atom is -0.493 e. The molecule has 7 heteroatoms. The standard InChI is InChI=1S/C30H37NO6/c1-22(30(32)33)12-10-8-6-5-7-9-11-17-37-27-15-13-23(19-28(27)35-3)18-25(21-31)24-14-16-26(34-2)29(20-24)36-4/h13-16,18-20H,1,5-12,17H2,2-4H3,(H,32,33). The number of ether oxygens (including phenoxy) is 4. The number of benzene rings is 2. The summed E-state index contributed by atoms with van der Waals surface area (Å²) in [4.78, 5) is 10.7. The van der Waals surface area contributed by atoms with Crippen molar-refractivity contribution in [2.45, 2.75) is 51.4 Å². The number of aliphatic carboxylic acids is 1. The van der Waals surface area contributed by atoms with E-state index in [2.05, 4.69) is 12.6 Å². The molecule has 2 aromatic carbocycles. The van der Waals surface area contributed by atoms with Crippen LogP contribution in [0.15, 0.2) is 48.6 Å². The Kier molecular flexibility index (Phi) is 12.6. The monoisotopic (exact) mass is 507 g/mol. The molecule has 0 spiro atoms. The molecular weight excluding hydrogens is 470 g/mol. The molecule has 7 nitrogen and oxygen atoms in total. The van der Waals surface area contributed by atoms with Gasteiger partial charge in [-0.05, 0) is 66.8 Å². The zero-order chi connectivity index (χ0) is 27.0. The molecule has 0 unspecified atom stereocenters. The summed E-state index contributed by atoms with van der Waals surface area (Å²) in [5, 5.41) is 18.5. The van der Waals surface area contributed by atoms with Crippen LogP contribution in [0.25, 0.3) is 11.6 Å². The molecule has 0 aliphatic carbocycles. The highest BCUT2D eigenvalue weighted by Crippen LogP contribution is 2.33. The van der Waals surface area contributed by atoms with Crippen molar-refractivity contribution in [1.29, 1.82) is 5.26 Å². The van der Waals surface area contributed by atoms with E-state index in [1.807, 2.05) is 24.3 Å². The smallest absolute Gasteiger partial charge is 0.330 e. The minimum atomic E-state index is -0.899. The lowest BCUT2D eigenvalue weighted by molar-refractivity contribution is -0.132. The molecule has 0 radical (unpaired) electrons. The molecule has 1 N–H and O–H groups in total. The maximum atomic E-state index is 10.7. The molecule has 0 fully saturated rings. The Balaban J connectivity index is 1.84. The molecular formula is C30H37NO6. The van der Waals surface area contributed by atoms with E-state index < -0.39 is 5.97 Å². The topological polar surface area (TPSA) is 98.0 Å². The van der Waals surface area contributed by atoms with Crippen LogP contribution < -0.4 is 18.9 Å². The molecule has 198 valence electrons. The number of methoxy groups -OCH3 is 3. The highest BCUT2D eigenvalue weighted by atomic mass is 16.5. The zero-order valence-corrected chi connectivity index (χ0v) is 22.0. The van der Waals surface area contributed by atoms with Crippen LogP contribution in [0.2, 0.25) is 0 Å². The Hall–Kier alpha value is -3.92. The SMILES string of the molecule is C=C(CCCCCCCCCOc1ccc(C=C(C#N)c2ccc(OC)c(OC)c2)cc1OC)C(=O)O. The Morgan fingerprint density at radius 1 is 0.865 bits per heavy atom. The van der Waals surface area contributed by atoms with Gasteiger partial charge in [-0.1, -0.05) is 44.7 Å². The lowest BCUT2D eigenvalue weighted by atomic mass is 10.0. The summed E-state index contributed by atoms with van der Waals surface area (Å²) in [6.45, 7) is 4.15.